The summed E-state index contributed by atoms with van der Waals surface area (Å²) < 4.78 is 14.5. The van der Waals surface area contributed by atoms with Crippen LogP contribution in [0.15, 0.2) is 74.1 Å². The predicted molar refractivity (Wildman–Crippen MR) is 137 cm³/mol. The van der Waals surface area contributed by atoms with E-state index in [4.69, 9.17) is 9.47 Å². The molecule has 8 heteroatoms. The van der Waals surface area contributed by atoms with Crippen LogP contribution in [-0.2, 0) is 9.53 Å². The van der Waals surface area contributed by atoms with E-state index in [1.807, 2.05) is 68.5 Å². The molecule has 4 rings (SSSR count). The minimum Gasteiger partial charge on any atom is -0.491 e. The molecule has 0 fully saturated rings. The Kier molecular flexibility index (Phi) is 7.19. The SMILES string of the molecule is CCOC(=O)C1=C(C)N=c2s/c(=C/c3ccc(Br)cc3)c(=O)n2[C@@H]1c1ccccc1OC(C)C. The van der Waals surface area contributed by atoms with Gasteiger partial charge in [-0.15, -0.1) is 0 Å². The Hall–Kier alpha value is -2.97. The average molecular weight is 541 g/mol. The molecule has 1 atom stereocenters. The lowest BCUT2D eigenvalue weighted by atomic mass is 9.95. The van der Waals surface area contributed by atoms with Crippen molar-refractivity contribution in [2.75, 3.05) is 6.61 Å². The van der Waals surface area contributed by atoms with Crippen LogP contribution >= 0.6 is 27.3 Å². The molecule has 1 aromatic heterocycles. The number of thiazole rings is 1. The van der Waals surface area contributed by atoms with Crippen LogP contribution in [0.5, 0.6) is 5.75 Å². The standard InChI is InChI=1S/C26H25BrN2O4S/c1-5-32-25(31)22-16(4)28-26-29(23(22)19-8-6-7-9-20(19)33-15(2)3)24(30)21(34-26)14-17-10-12-18(27)13-11-17/h6-15,23H,5H2,1-4H3/b21-14+/t23-/m1/s1. The van der Waals surface area contributed by atoms with Crippen molar-refractivity contribution in [3.63, 3.8) is 0 Å². The summed E-state index contributed by atoms with van der Waals surface area (Å²) in [7, 11) is 0. The second-order valence-electron chi connectivity index (χ2n) is 8.06. The van der Waals surface area contributed by atoms with Gasteiger partial charge in [0.1, 0.15) is 11.8 Å². The molecule has 6 nitrogen and oxygen atoms in total. The normalized spacial score (nSPS) is 15.8. The molecule has 0 spiro atoms. The Morgan fingerprint density at radius 3 is 2.59 bits per heavy atom. The van der Waals surface area contributed by atoms with Gasteiger partial charge in [-0.05, 0) is 57.5 Å². The first-order valence-corrected chi connectivity index (χ1v) is 12.6. The van der Waals surface area contributed by atoms with Crippen molar-refractivity contribution >= 4 is 39.3 Å². The van der Waals surface area contributed by atoms with Crippen LogP contribution < -0.4 is 19.6 Å². The third-order valence-corrected chi connectivity index (χ3v) is 6.77. The summed E-state index contributed by atoms with van der Waals surface area (Å²) in [4.78, 5) is 31.9. The van der Waals surface area contributed by atoms with E-state index in [1.165, 1.54) is 11.3 Å². The first kappa shape index (κ1) is 24.2. The Morgan fingerprint density at radius 2 is 1.91 bits per heavy atom. The molecule has 176 valence electrons. The molecule has 2 heterocycles. The van der Waals surface area contributed by atoms with Gasteiger partial charge in [0.25, 0.3) is 5.56 Å². The van der Waals surface area contributed by atoms with E-state index in [9.17, 15) is 9.59 Å². The van der Waals surface area contributed by atoms with Crippen molar-refractivity contribution in [1.82, 2.24) is 4.57 Å². The van der Waals surface area contributed by atoms with Crippen molar-refractivity contribution < 1.29 is 14.3 Å². The molecule has 0 radical (unpaired) electrons. The third kappa shape index (κ3) is 4.79. The van der Waals surface area contributed by atoms with E-state index in [0.29, 0.717) is 31.9 Å². The van der Waals surface area contributed by atoms with Gasteiger partial charge in [-0.25, -0.2) is 9.79 Å². The number of aromatic nitrogens is 1. The topological polar surface area (TPSA) is 69.9 Å². The number of carbonyl (C=O) groups is 1. The summed E-state index contributed by atoms with van der Waals surface area (Å²) in [6, 6.07) is 14.5. The van der Waals surface area contributed by atoms with Gasteiger partial charge in [-0.1, -0.05) is 57.6 Å². The molecule has 1 aliphatic rings. The van der Waals surface area contributed by atoms with Crippen LogP contribution in [0.2, 0.25) is 0 Å². The summed E-state index contributed by atoms with van der Waals surface area (Å²) in [5.74, 6) is 0.122. The Morgan fingerprint density at radius 1 is 1.21 bits per heavy atom. The lowest BCUT2D eigenvalue weighted by molar-refractivity contribution is -0.139. The zero-order chi connectivity index (χ0) is 24.4. The molecule has 0 unspecified atom stereocenters. The maximum absolute atomic E-state index is 13.7. The summed E-state index contributed by atoms with van der Waals surface area (Å²) in [5, 5.41) is 0. The number of nitrogens with zero attached hydrogens (tertiary/aromatic N) is 2. The molecular weight excluding hydrogens is 516 g/mol. The highest BCUT2D eigenvalue weighted by molar-refractivity contribution is 9.10. The fourth-order valence-corrected chi connectivity index (χ4v) is 5.17. The van der Waals surface area contributed by atoms with Gasteiger partial charge in [0, 0.05) is 10.0 Å². The third-order valence-electron chi connectivity index (χ3n) is 5.26. The van der Waals surface area contributed by atoms with Crippen molar-refractivity contribution in [3.8, 4) is 5.75 Å². The number of fused-ring (bicyclic) bond motifs is 1. The van der Waals surface area contributed by atoms with Gasteiger partial charge < -0.3 is 9.47 Å². The molecule has 0 aliphatic carbocycles. The van der Waals surface area contributed by atoms with Crippen LogP contribution in [0.3, 0.4) is 0 Å². The summed E-state index contributed by atoms with van der Waals surface area (Å²) in [5.41, 5.74) is 2.26. The first-order valence-electron chi connectivity index (χ1n) is 11.0. The summed E-state index contributed by atoms with van der Waals surface area (Å²) in [6.07, 6.45) is 1.76. The van der Waals surface area contributed by atoms with Crippen LogP contribution in [0.1, 0.15) is 44.9 Å². The maximum Gasteiger partial charge on any atom is 0.338 e. The number of hydrogen-bond donors (Lipinski definition) is 0. The summed E-state index contributed by atoms with van der Waals surface area (Å²) >= 11 is 4.73. The van der Waals surface area contributed by atoms with E-state index in [2.05, 4.69) is 20.9 Å². The molecule has 0 saturated heterocycles. The van der Waals surface area contributed by atoms with Crippen LogP contribution in [-0.4, -0.2) is 23.2 Å². The maximum atomic E-state index is 13.7. The zero-order valence-corrected chi connectivity index (χ0v) is 21.8. The van der Waals surface area contributed by atoms with Gasteiger partial charge in [-0.3, -0.25) is 9.36 Å². The smallest absolute Gasteiger partial charge is 0.338 e. The minimum atomic E-state index is -0.711. The number of allylic oxidation sites excluding steroid dienone is 1. The minimum absolute atomic E-state index is 0.0782. The van der Waals surface area contributed by atoms with E-state index >= 15 is 0 Å². The molecule has 2 aromatic carbocycles. The average Bonchev–Trinajstić information content (AvgIpc) is 3.09. The highest BCUT2D eigenvalue weighted by Crippen LogP contribution is 2.36. The molecule has 1 aliphatic heterocycles. The number of rotatable bonds is 6. The van der Waals surface area contributed by atoms with Crippen LogP contribution in [0.25, 0.3) is 6.08 Å². The van der Waals surface area contributed by atoms with Gasteiger partial charge >= 0.3 is 5.97 Å². The quantitative estimate of drug-likeness (QED) is 0.436. The number of benzene rings is 2. The zero-order valence-electron chi connectivity index (χ0n) is 19.4. The monoisotopic (exact) mass is 540 g/mol. The molecule has 0 saturated carbocycles. The molecule has 34 heavy (non-hydrogen) atoms. The Bertz CT molecular complexity index is 1430. The van der Waals surface area contributed by atoms with Crippen molar-refractivity contribution in [1.29, 1.82) is 0 Å². The van der Waals surface area contributed by atoms with Crippen LogP contribution in [0.4, 0.5) is 0 Å². The van der Waals surface area contributed by atoms with Crippen molar-refractivity contribution in [3.05, 3.63) is 95.1 Å². The number of ether oxygens (including phenoxy) is 2. The second-order valence-corrected chi connectivity index (χ2v) is 9.98. The number of halogens is 1. The lowest BCUT2D eigenvalue weighted by Gasteiger charge is -2.26. The first-order chi connectivity index (χ1) is 16.3. The van der Waals surface area contributed by atoms with Crippen molar-refractivity contribution in [2.24, 2.45) is 4.99 Å². The van der Waals surface area contributed by atoms with Gasteiger partial charge in [0.2, 0.25) is 0 Å². The predicted octanol–water partition coefficient (Wildman–Crippen LogP) is 4.35. The fourth-order valence-electron chi connectivity index (χ4n) is 3.86. The van der Waals surface area contributed by atoms with E-state index < -0.39 is 12.0 Å². The largest absolute Gasteiger partial charge is 0.491 e. The van der Waals surface area contributed by atoms with Crippen molar-refractivity contribution in [2.45, 2.75) is 39.8 Å². The summed E-state index contributed by atoms with van der Waals surface area (Å²) in [6.45, 7) is 7.63. The van der Waals surface area contributed by atoms with E-state index in [0.717, 1.165) is 10.0 Å². The number of para-hydroxylation sites is 1. The van der Waals surface area contributed by atoms with E-state index in [1.54, 1.807) is 18.4 Å². The number of esters is 1. The van der Waals surface area contributed by atoms with Gasteiger partial charge in [0.15, 0.2) is 4.80 Å². The van der Waals surface area contributed by atoms with Gasteiger partial charge in [0.05, 0.1) is 28.5 Å². The van der Waals surface area contributed by atoms with Gasteiger partial charge in [-0.2, -0.15) is 0 Å². The van der Waals surface area contributed by atoms with E-state index in [-0.39, 0.29) is 18.3 Å². The highest BCUT2D eigenvalue weighted by atomic mass is 79.9. The molecule has 3 aromatic rings. The molecule has 0 N–H and O–H groups in total. The Labute approximate surface area is 210 Å². The second kappa shape index (κ2) is 10.1. The molecule has 0 amide bonds. The fraction of sp³-hybridized carbons (Fsp3) is 0.269. The molecule has 0 bridgehead atoms. The Balaban J connectivity index is 1.97. The number of hydrogen-bond acceptors (Lipinski definition) is 6. The highest BCUT2D eigenvalue weighted by Gasteiger charge is 2.35. The molecular formula is C26H25BrN2O4S. The number of carbonyl (C=O) groups excluding carboxylic acids is 1. The van der Waals surface area contributed by atoms with Crippen LogP contribution in [0, 0.1) is 0 Å². The lowest BCUT2D eigenvalue weighted by Crippen LogP contribution is -2.40.